The maximum atomic E-state index is 11.7. The van der Waals surface area contributed by atoms with E-state index in [2.05, 4.69) is 17.9 Å². The third-order valence-electron chi connectivity index (χ3n) is 2.79. The van der Waals surface area contributed by atoms with Crippen LogP contribution in [0.5, 0.6) is 0 Å². The first-order valence-electron chi connectivity index (χ1n) is 5.89. The Kier molecular flexibility index (Phi) is 7.32. The lowest BCUT2D eigenvalue weighted by molar-refractivity contribution is -0.124. The number of carbonyl (C=O) groups excluding carboxylic acids is 1. The van der Waals surface area contributed by atoms with E-state index in [1.54, 1.807) is 0 Å². The van der Waals surface area contributed by atoms with Crippen LogP contribution in [0.15, 0.2) is 0 Å². The van der Waals surface area contributed by atoms with Gasteiger partial charge in [0.25, 0.3) is 0 Å². The molecule has 2 atom stereocenters. The molecule has 1 heterocycles. The fourth-order valence-electron chi connectivity index (χ4n) is 1.79. The number of aliphatic hydroxyl groups excluding tert-OH is 1. The van der Waals surface area contributed by atoms with Gasteiger partial charge in [-0.2, -0.15) is 24.4 Å². The van der Waals surface area contributed by atoms with E-state index < -0.39 is 0 Å². The SMILES string of the molecule is O=C(NCCCCCO)[C@@H]1CS[C@@H](CS)C1. The zero-order chi connectivity index (χ0) is 11.8. The number of hydrogen-bond acceptors (Lipinski definition) is 4. The van der Waals surface area contributed by atoms with E-state index in [9.17, 15) is 4.79 Å². The van der Waals surface area contributed by atoms with E-state index in [4.69, 9.17) is 5.11 Å². The highest BCUT2D eigenvalue weighted by Crippen LogP contribution is 2.31. The molecule has 1 aliphatic rings. The average molecular weight is 263 g/mol. The van der Waals surface area contributed by atoms with Gasteiger partial charge in [0.15, 0.2) is 0 Å². The summed E-state index contributed by atoms with van der Waals surface area (Å²) < 4.78 is 0. The van der Waals surface area contributed by atoms with Crippen molar-refractivity contribution in [2.45, 2.75) is 30.9 Å². The lowest BCUT2D eigenvalue weighted by Crippen LogP contribution is -2.31. The molecule has 0 bridgehead atoms. The third kappa shape index (κ3) is 4.97. The van der Waals surface area contributed by atoms with Crippen LogP contribution in [0.4, 0.5) is 0 Å². The zero-order valence-corrected chi connectivity index (χ0v) is 11.2. The Hall–Kier alpha value is 0.130. The number of hydrogen-bond donors (Lipinski definition) is 3. The topological polar surface area (TPSA) is 49.3 Å². The first-order chi connectivity index (χ1) is 7.77. The summed E-state index contributed by atoms with van der Waals surface area (Å²) in [4.78, 5) is 11.7. The minimum atomic E-state index is 0.181. The van der Waals surface area contributed by atoms with E-state index in [-0.39, 0.29) is 18.4 Å². The molecular weight excluding hydrogens is 242 g/mol. The summed E-state index contributed by atoms with van der Waals surface area (Å²) in [6.07, 6.45) is 3.74. The maximum absolute atomic E-state index is 11.7. The van der Waals surface area contributed by atoms with Crippen molar-refractivity contribution in [3.05, 3.63) is 0 Å². The minimum Gasteiger partial charge on any atom is -0.396 e. The molecule has 0 radical (unpaired) electrons. The first-order valence-corrected chi connectivity index (χ1v) is 7.57. The molecule has 0 aromatic carbocycles. The molecule has 1 amide bonds. The average Bonchev–Trinajstić information content (AvgIpc) is 2.77. The Morgan fingerprint density at radius 3 is 2.88 bits per heavy atom. The molecule has 0 unspecified atom stereocenters. The van der Waals surface area contributed by atoms with Crippen LogP contribution in [-0.2, 0) is 4.79 Å². The van der Waals surface area contributed by atoms with Crippen molar-refractivity contribution < 1.29 is 9.90 Å². The number of carbonyl (C=O) groups is 1. The Morgan fingerprint density at radius 1 is 1.44 bits per heavy atom. The summed E-state index contributed by atoms with van der Waals surface area (Å²) in [6, 6.07) is 0. The second-order valence-electron chi connectivity index (χ2n) is 4.15. The van der Waals surface area contributed by atoms with E-state index >= 15 is 0 Å². The van der Waals surface area contributed by atoms with Gasteiger partial charge in [-0.25, -0.2) is 0 Å². The molecule has 1 fully saturated rings. The largest absolute Gasteiger partial charge is 0.396 e. The molecule has 1 rings (SSSR count). The first kappa shape index (κ1) is 14.2. The Balaban J connectivity index is 2.06. The predicted octanol–water partition coefficient (Wildman–Crippen LogP) is 1.32. The van der Waals surface area contributed by atoms with Gasteiger partial charge in [-0.3, -0.25) is 4.79 Å². The van der Waals surface area contributed by atoms with Gasteiger partial charge in [-0.05, 0) is 25.7 Å². The lowest BCUT2D eigenvalue weighted by Gasteiger charge is -2.10. The highest BCUT2D eigenvalue weighted by Gasteiger charge is 2.29. The molecule has 1 saturated heterocycles. The van der Waals surface area contributed by atoms with E-state index in [0.717, 1.165) is 43.7 Å². The van der Waals surface area contributed by atoms with E-state index in [0.29, 0.717) is 5.25 Å². The molecule has 0 aromatic heterocycles. The standard InChI is InChI=1S/C11H21NO2S2/c13-5-3-1-2-4-12-11(14)9-6-10(7-15)16-8-9/h9-10,13,15H,1-8H2,(H,12,14)/t9-,10+/m0/s1. The monoisotopic (exact) mass is 263 g/mol. The maximum Gasteiger partial charge on any atom is 0.223 e. The number of amides is 1. The molecule has 0 saturated carbocycles. The predicted molar refractivity (Wildman–Crippen MR) is 72.2 cm³/mol. The molecular formula is C11H21NO2S2. The number of unbranched alkanes of at least 4 members (excludes halogenated alkanes) is 2. The van der Waals surface area contributed by atoms with Crippen LogP contribution in [0.1, 0.15) is 25.7 Å². The van der Waals surface area contributed by atoms with Crippen molar-refractivity contribution in [2.75, 3.05) is 24.7 Å². The van der Waals surface area contributed by atoms with Gasteiger partial charge in [0.2, 0.25) is 5.91 Å². The van der Waals surface area contributed by atoms with Crippen molar-refractivity contribution in [3.8, 4) is 0 Å². The molecule has 0 spiro atoms. The summed E-state index contributed by atoms with van der Waals surface area (Å²) >= 11 is 6.11. The van der Waals surface area contributed by atoms with Crippen LogP contribution in [0.3, 0.4) is 0 Å². The van der Waals surface area contributed by atoms with Crippen LogP contribution < -0.4 is 5.32 Å². The smallest absolute Gasteiger partial charge is 0.223 e. The number of rotatable bonds is 7. The Labute approximate surface area is 107 Å². The minimum absolute atomic E-state index is 0.181. The van der Waals surface area contributed by atoms with Gasteiger partial charge in [0, 0.05) is 35.8 Å². The van der Waals surface area contributed by atoms with Crippen LogP contribution in [0.2, 0.25) is 0 Å². The fourth-order valence-corrected chi connectivity index (χ4v) is 3.52. The normalized spacial score (nSPS) is 24.6. The summed E-state index contributed by atoms with van der Waals surface area (Å²) in [5.41, 5.74) is 0. The van der Waals surface area contributed by atoms with E-state index in [1.165, 1.54) is 0 Å². The molecule has 3 nitrogen and oxygen atoms in total. The molecule has 16 heavy (non-hydrogen) atoms. The van der Waals surface area contributed by atoms with Gasteiger partial charge >= 0.3 is 0 Å². The summed E-state index contributed by atoms with van der Waals surface area (Å²) in [5.74, 6) is 2.18. The summed E-state index contributed by atoms with van der Waals surface area (Å²) in [6.45, 7) is 0.988. The van der Waals surface area contributed by atoms with Crippen LogP contribution >= 0.6 is 24.4 Å². The summed E-state index contributed by atoms with van der Waals surface area (Å²) in [7, 11) is 0. The lowest BCUT2D eigenvalue weighted by atomic mass is 10.1. The highest BCUT2D eigenvalue weighted by molar-refractivity contribution is 8.00. The fraction of sp³-hybridized carbons (Fsp3) is 0.909. The Bertz CT molecular complexity index is 214. The Morgan fingerprint density at radius 2 is 2.25 bits per heavy atom. The van der Waals surface area contributed by atoms with Crippen molar-refractivity contribution >= 4 is 30.3 Å². The number of aliphatic hydroxyl groups is 1. The van der Waals surface area contributed by atoms with Gasteiger partial charge in [0.05, 0.1) is 0 Å². The second-order valence-corrected chi connectivity index (χ2v) is 5.84. The molecule has 94 valence electrons. The molecule has 0 aliphatic carbocycles. The van der Waals surface area contributed by atoms with Gasteiger partial charge in [-0.1, -0.05) is 0 Å². The molecule has 1 aliphatic heterocycles. The number of nitrogens with one attached hydrogen (secondary N) is 1. The van der Waals surface area contributed by atoms with Gasteiger partial charge in [-0.15, -0.1) is 0 Å². The quantitative estimate of drug-likeness (QED) is 0.479. The van der Waals surface area contributed by atoms with Crippen molar-refractivity contribution in [1.29, 1.82) is 0 Å². The van der Waals surface area contributed by atoms with Crippen LogP contribution in [0, 0.1) is 5.92 Å². The molecule has 5 heteroatoms. The molecule has 0 aromatic rings. The van der Waals surface area contributed by atoms with Crippen molar-refractivity contribution in [1.82, 2.24) is 5.32 Å². The zero-order valence-electron chi connectivity index (χ0n) is 9.52. The van der Waals surface area contributed by atoms with Crippen LogP contribution in [-0.4, -0.2) is 40.9 Å². The van der Waals surface area contributed by atoms with Crippen molar-refractivity contribution in [3.63, 3.8) is 0 Å². The molecule has 2 N–H and O–H groups in total. The van der Waals surface area contributed by atoms with Gasteiger partial charge in [0.1, 0.15) is 0 Å². The van der Waals surface area contributed by atoms with E-state index in [1.807, 2.05) is 11.8 Å². The van der Waals surface area contributed by atoms with Crippen molar-refractivity contribution in [2.24, 2.45) is 5.92 Å². The number of thioether (sulfide) groups is 1. The highest BCUT2D eigenvalue weighted by atomic mass is 32.2. The second kappa shape index (κ2) is 8.25. The van der Waals surface area contributed by atoms with Crippen LogP contribution in [0.25, 0.3) is 0 Å². The number of thiol groups is 1. The van der Waals surface area contributed by atoms with Gasteiger partial charge < -0.3 is 10.4 Å². The summed E-state index contributed by atoms with van der Waals surface area (Å²) in [5, 5.41) is 12.1. The third-order valence-corrected chi connectivity index (χ3v) is 4.90.